The van der Waals surface area contributed by atoms with Gasteiger partial charge in [-0.25, -0.2) is 0 Å². The Labute approximate surface area is 122 Å². The van der Waals surface area contributed by atoms with Crippen molar-refractivity contribution in [3.63, 3.8) is 0 Å². The summed E-state index contributed by atoms with van der Waals surface area (Å²) >= 11 is 0. The maximum absolute atomic E-state index is 6.33. The molecule has 1 saturated carbocycles. The van der Waals surface area contributed by atoms with Crippen LogP contribution in [-0.2, 0) is 4.74 Å². The Kier molecular flexibility index (Phi) is 5.44. The van der Waals surface area contributed by atoms with Crippen molar-refractivity contribution in [2.75, 3.05) is 6.61 Å². The van der Waals surface area contributed by atoms with Crippen LogP contribution in [0.15, 0.2) is 24.3 Å². The fourth-order valence-corrected chi connectivity index (χ4v) is 2.82. The van der Waals surface area contributed by atoms with Crippen molar-refractivity contribution in [2.45, 2.75) is 58.3 Å². The fourth-order valence-electron chi connectivity index (χ4n) is 2.82. The fraction of sp³-hybridized carbons (Fsp3) is 0.647. The Balaban J connectivity index is 1.85. The van der Waals surface area contributed by atoms with Crippen LogP contribution in [0.3, 0.4) is 0 Å². The molecule has 3 heteroatoms. The molecule has 112 valence electrons. The predicted octanol–water partition coefficient (Wildman–Crippen LogP) is 3.68. The Morgan fingerprint density at radius 3 is 2.70 bits per heavy atom. The van der Waals surface area contributed by atoms with Crippen molar-refractivity contribution in [3.05, 3.63) is 29.8 Å². The topological polar surface area (TPSA) is 44.5 Å². The second kappa shape index (κ2) is 7.09. The molecule has 20 heavy (non-hydrogen) atoms. The van der Waals surface area contributed by atoms with Crippen molar-refractivity contribution >= 4 is 0 Å². The van der Waals surface area contributed by atoms with E-state index in [2.05, 4.69) is 19.1 Å². The lowest BCUT2D eigenvalue weighted by Gasteiger charge is -2.36. The second-order valence-corrected chi connectivity index (χ2v) is 6.00. The molecule has 2 N–H and O–H groups in total. The molecule has 0 saturated heterocycles. The highest BCUT2D eigenvalue weighted by molar-refractivity contribution is 5.30. The van der Waals surface area contributed by atoms with Gasteiger partial charge in [0.05, 0.1) is 12.2 Å². The zero-order valence-corrected chi connectivity index (χ0v) is 12.8. The summed E-state index contributed by atoms with van der Waals surface area (Å²) in [5.41, 5.74) is 7.50. The average molecular weight is 277 g/mol. The molecule has 1 aliphatic rings. The van der Waals surface area contributed by atoms with Gasteiger partial charge in [0, 0.05) is 12.6 Å². The van der Waals surface area contributed by atoms with Crippen LogP contribution in [0.1, 0.15) is 51.6 Å². The molecule has 1 fully saturated rings. The smallest absolute Gasteiger partial charge is 0.120 e. The lowest BCUT2D eigenvalue weighted by Crippen LogP contribution is -2.33. The molecule has 0 spiro atoms. The summed E-state index contributed by atoms with van der Waals surface area (Å²) < 4.78 is 11.3. The zero-order chi connectivity index (χ0) is 14.5. The van der Waals surface area contributed by atoms with Crippen LogP contribution >= 0.6 is 0 Å². The molecule has 1 aromatic carbocycles. The third-order valence-electron chi connectivity index (χ3n) is 3.84. The van der Waals surface area contributed by atoms with E-state index in [1.54, 1.807) is 0 Å². The molecule has 1 unspecified atom stereocenters. The van der Waals surface area contributed by atoms with E-state index in [0.717, 1.165) is 31.6 Å². The molecule has 1 atom stereocenters. The van der Waals surface area contributed by atoms with Crippen LogP contribution in [0.5, 0.6) is 5.75 Å². The van der Waals surface area contributed by atoms with Crippen molar-refractivity contribution in [3.8, 4) is 5.75 Å². The van der Waals surface area contributed by atoms with E-state index in [4.69, 9.17) is 15.2 Å². The van der Waals surface area contributed by atoms with E-state index in [0.29, 0.717) is 12.0 Å². The number of nitrogens with two attached hydrogens (primary N) is 1. The van der Waals surface area contributed by atoms with Gasteiger partial charge in [0.2, 0.25) is 0 Å². The molecule has 1 aliphatic carbocycles. The summed E-state index contributed by atoms with van der Waals surface area (Å²) in [4.78, 5) is 0. The molecule has 0 aliphatic heterocycles. The Hall–Kier alpha value is -1.06. The van der Waals surface area contributed by atoms with Gasteiger partial charge in [-0.15, -0.1) is 0 Å². The van der Waals surface area contributed by atoms with Crippen LogP contribution in [0.2, 0.25) is 0 Å². The molecule has 0 radical (unpaired) electrons. The number of hydrogen-bond donors (Lipinski definition) is 1. The normalized spacial score (nSPS) is 23.4. The second-order valence-electron chi connectivity index (χ2n) is 6.00. The average Bonchev–Trinajstić information content (AvgIpc) is 2.35. The Bertz CT molecular complexity index is 413. The van der Waals surface area contributed by atoms with Crippen molar-refractivity contribution in [1.29, 1.82) is 0 Å². The standard InChI is InChI=1S/C17H27NO2/c1-4-19-16-8-13(9-16)10-17(18)14-6-5-7-15(11-14)20-12(2)3/h5-7,11-13,16-17H,4,8-10,18H2,1-3H3. The van der Waals surface area contributed by atoms with Gasteiger partial charge in [-0.1, -0.05) is 12.1 Å². The minimum Gasteiger partial charge on any atom is -0.491 e. The summed E-state index contributed by atoms with van der Waals surface area (Å²) in [6.07, 6.45) is 4.01. The molecule has 0 aromatic heterocycles. The molecule has 3 nitrogen and oxygen atoms in total. The van der Waals surface area contributed by atoms with Crippen molar-refractivity contribution < 1.29 is 9.47 Å². The molecular formula is C17H27NO2. The highest BCUT2D eigenvalue weighted by Crippen LogP contribution is 2.36. The first-order chi connectivity index (χ1) is 9.58. The Morgan fingerprint density at radius 1 is 1.30 bits per heavy atom. The monoisotopic (exact) mass is 277 g/mol. The van der Waals surface area contributed by atoms with Gasteiger partial charge in [-0.05, 0) is 63.6 Å². The lowest BCUT2D eigenvalue weighted by atomic mass is 9.77. The SMILES string of the molecule is CCOC1CC(CC(N)c2cccc(OC(C)C)c2)C1. The van der Waals surface area contributed by atoms with E-state index < -0.39 is 0 Å². The van der Waals surface area contributed by atoms with Crippen molar-refractivity contribution in [1.82, 2.24) is 0 Å². The molecule has 1 aromatic rings. The van der Waals surface area contributed by atoms with E-state index in [9.17, 15) is 0 Å². The maximum Gasteiger partial charge on any atom is 0.120 e. The van der Waals surface area contributed by atoms with E-state index in [-0.39, 0.29) is 12.1 Å². The first-order valence-corrected chi connectivity index (χ1v) is 7.72. The lowest BCUT2D eigenvalue weighted by molar-refractivity contribution is -0.0282. The summed E-state index contributed by atoms with van der Waals surface area (Å²) in [7, 11) is 0. The number of ether oxygens (including phenoxy) is 2. The first kappa shape index (κ1) is 15.3. The quantitative estimate of drug-likeness (QED) is 0.827. The molecule has 2 rings (SSSR count). The van der Waals surface area contributed by atoms with Gasteiger partial charge in [-0.3, -0.25) is 0 Å². The summed E-state index contributed by atoms with van der Waals surface area (Å²) in [6.45, 7) is 6.95. The van der Waals surface area contributed by atoms with Gasteiger partial charge >= 0.3 is 0 Å². The van der Waals surface area contributed by atoms with Crippen LogP contribution in [0.4, 0.5) is 0 Å². The van der Waals surface area contributed by atoms with Crippen LogP contribution in [-0.4, -0.2) is 18.8 Å². The summed E-state index contributed by atoms with van der Waals surface area (Å²) in [6, 6.07) is 8.28. The van der Waals surface area contributed by atoms with Crippen LogP contribution in [0, 0.1) is 5.92 Å². The third kappa shape index (κ3) is 4.22. The molecular weight excluding hydrogens is 250 g/mol. The highest BCUT2D eigenvalue weighted by Gasteiger charge is 2.30. The summed E-state index contributed by atoms with van der Waals surface area (Å²) in [5, 5.41) is 0. The molecule has 0 heterocycles. The van der Waals surface area contributed by atoms with E-state index >= 15 is 0 Å². The van der Waals surface area contributed by atoms with E-state index in [1.165, 1.54) is 5.56 Å². The molecule has 0 bridgehead atoms. The van der Waals surface area contributed by atoms with Gasteiger partial charge in [-0.2, -0.15) is 0 Å². The minimum absolute atomic E-state index is 0.0956. The van der Waals surface area contributed by atoms with Crippen LogP contribution < -0.4 is 10.5 Å². The van der Waals surface area contributed by atoms with Crippen LogP contribution in [0.25, 0.3) is 0 Å². The number of hydrogen-bond acceptors (Lipinski definition) is 3. The predicted molar refractivity (Wildman–Crippen MR) is 81.9 cm³/mol. The largest absolute Gasteiger partial charge is 0.491 e. The number of benzene rings is 1. The highest BCUT2D eigenvalue weighted by atomic mass is 16.5. The summed E-state index contributed by atoms with van der Waals surface area (Å²) in [5.74, 6) is 1.62. The first-order valence-electron chi connectivity index (χ1n) is 7.72. The van der Waals surface area contributed by atoms with Gasteiger partial charge in [0.15, 0.2) is 0 Å². The maximum atomic E-state index is 6.33. The van der Waals surface area contributed by atoms with Gasteiger partial charge < -0.3 is 15.2 Å². The van der Waals surface area contributed by atoms with Gasteiger partial charge in [0.25, 0.3) is 0 Å². The molecule has 0 amide bonds. The third-order valence-corrected chi connectivity index (χ3v) is 3.84. The Morgan fingerprint density at radius 2 is 2.05 bits per heavy atom. The van der Waals surface area contributed by atoms with Crippen molar-refractivity contribution in [2.24, 2.45) is 11.7 Å². The minimum atomic E-state index is 0.0956. The number of rotatable bonds is 7. The van der Waals surface area contributed by atoms with Gasteiger partial charge in [0.1, 0.15) is 5.75 Å². The zero-order valence-electron chi connectivity index (χ0n) is 12.8. The van der Waals surface area contributed by atoms with E-state index in [1.807, 2.05) is 26.0 Å².